The molecule has 1 N–H and O–H groups in total. The number of halogens is 2. The third-order valence-electron chi connectivity index (χ3n) is 2.91. The molecule has 0 saturated heterocycles. The summed E-state index contributed by atoms with van der Waals surface area (Å²) in [5.41, 5.74) is -0.272. The van der Waals surface area contributed by atoms with Crippen LogP contribution in [0.5, 0.6) is 0 Å². The Kier molecular flexibility index (Phi) is 6.71. The number of rotatable bonds is 8. The highest BCUT2D eigenvalue weighted by molar-refractivity contribution is 7.91. The molecule has 0 aliphatic heterocycles. The van der Waals surface area contributed by atoms with E-state index < -0.39 is 15.8 Å². The molecule has 116 valence electrons. The van der Waals surface area contributed by atoms with Crippen LogP contribution in [0.1, 0.15) is 36.0 Å². The maximum absolute atomic E-state index is 12.2. The molecule has 7 heteroatoms. The van der Waals surface area contributed by atoms with Crippen molar-refractivity contribution in [1.29, 1.82) is 0 Å². The van der Waals surface area contributed by atoms with Crippen molar-refractivity contribution in [2.75, 3.05) is 5.75 Å². The van der Waals surface area contributed by atoms with Gasteiger partial charge in [0.05, 0.1) is 26.3 Å². The fourth-order valence-electron chi connectivity index (χ4n) is 1.80. The van der Waals surface area contributed by atoms with E-state index in [1.165, 1.54) is 0 Å². The number of benzene rings is 1. The van der Waals surface area contributed by atoms with Gasteiger partial charge >= 0.3 is 5.97 Å². The maximum atomic E-state index is 12.2. The van der Waals surface area contributed by atoms with Crippen LogP contribution in [0.4, 0.5) is 0 Å². The molecule has 0 spiro atoms. The molecule has 0 saturated carbocycles. The van der Waals surface area contributed by atoms with Crippen molar-refractivity contribution >= 4 is 39.0 Å². The molecule has 0 amide bonds. The predicted molar refractivity (Wildman–Crippen MR) is 84.1 cm³/mol. The summed E-state index contributed by atoms with van der Waals surface area (Å²) in [5, 5.41) is 8.84. The monoisotopic (exact) mass is 350 g/mol. The quantitative estimate of drug-likeness (QED) is 0.562. The van der Waals surface area contributed by atoms with Crippen LogP contribution in [0.2, 0.25) is 10.0 Å². The molecule has 0 heterocycles. The SMILES string of the molecule is C=CCCCCCS(=O)(=O)c1cc(C(=O)O)c(Cl)cc1Cl. The summed E-state index contributed by atoms with van der Waals surface area (Å²) < 4.78 is 24.5. The molecular weight excluding hydrogens is 335 g/mol. The van der Waals surface area contributed by atoms with Crippen LogP contribution < -0.4 is 0 Å². The van der Waals surface area contributed by atoms with Gasteiger partial charge in [0.1, 0.15) is 0 Å². The van der Waals surface area contributed by atoms with Crippen molar-refractivity contribution in [3.05, 3.63) is 40.4 Å². The van der Waals surface area contributed by atoms with Gasteiger partial charge in [0, 0.05) is 0 Å². The van der Waals surface area contributed by atoms with Crippen molar-refractivity contribution in [2.45, 2.75) is 30.6 Å². The number of carboxylic acids is 1. The lowest BCUT2D eigenvalue weighted by molar-refractivity contribution is 0.0697. The Balaban J connectivity index is 2.95. The maximum Gasteiger partial charge on any atom is 0.337 e. The van der Waals surface area contributed by atoms with Crippen LogP contribution >= 0.6 is 23.2 Å². The van der Waals surface area contributed by atoms with Crippen molar-refractivity contribution in [1.82, 2.24) is 0 Å². The van der Waals surface area contributed by atoms with Crippen LogP contribution in [0.15, 0.2) is 29.7 Å². The zero-order valence-corrected chi connectivity index (χ0v) is 13.6. The molecule has 0 atom stereocenters. The molecule has 0 unspecified atom stereocenters. The largest absolute Gasteiger partial charge is 0.478 e. The zero-order valence-electron chi connectivity index (χ0n) is 11.3. The van der Waals surface area contributed by atoms with E-state index >= 15 is 0 Å². The van der Waals surface area contributed by atoms with E-state index in [-0.39, 0.29) is 26.3 Å². The van der Waals surface area contributed by atoms with Gasteiger partial charge < -0.3 is 5.11 Å². The summed E-state index contributed by atoms with van der Waals surface area (Å²) >= 11 is 11.6. The number of hydrogen-bond acceptors (Lipinski definition) is 3. The lowest BCUT2D eigenvalue weighted by Gasteiger charge is -2.09. The molecule has 1 aromatic carbocycles. The van der Waals surface area contributed by atoms with Gasteiger partial charge in [-0.1, -0.05) is 35.7 Å². The van der Waals surface area contributed by atoms with Gasteiger partial charge in [0.25, 0.3) is 0 Å². The highest BCUT2D eigenvalue weighted by Gasteiger charge is 2.22. The topological polar surface area (TPSA) is 71.4 Å². The smallest absolute Gasteiger partial charge is 0.337 e. The predicted octanol–water partition coefficient (Wildman–Crippen LogP) is 4.21. The van der Waals surface area contributed by atoms with Gasteiger partial charge in [0.2, 0.25) is 0 Å². The average Bonchev–Trinajstić information content (AvgIpc) is 2.37. The zero-order chi connectivity index (χ0) is 16.0. The lowest BCUT2D eigenvalue weighted by Crippen LogP contribution is -2.09. The Hall–Kier alpha value is -1.04. The van der Waals surface area contributed by atoms with E-state index in [4.69, 9.17) is 28.3 Å². The number of carbonyl (C=O) groups is 1. The Morgan fingerprint density at radius 2 is 1.86 bits per heavy atom. The Morgan fingerprint density at radius 3 is 2.43 bits per heavy atom. The van der Waals surface area contributed by atoms with Crippen LogP contribution in [-0.2, 0) is 9.84 Å². The standard InChI is InChI=1S/C14H16Cl2O4S/c1-2-3-4-5-6-7-21(19,20)13-8-10(14(17)18)11(15)9-12(13)16/h2,8-9H,1,3-7H2,(H,17,18). The van der Waals surface area contributed by atoms with E-state index in [2.05, 4.69) is 6.58 Å². The molecule has 4 nitrogen and oxygen atoms in total. The van der Waals surface area contributed by atoms with Gasteiger partial charge in [-0.3, -0.25) is 0 Å². The molecule has 0 fully saturated rings. The van der Waals surface area contributed by atoms with E-state index in [9.17, 15) is 13.2 Å². The Bertz CT molecular complexity index is 639. The number of hydrogen-bond donors (Lipinski definition) is 1. The van der Waals surface area contributed by atoms with Crippen LogP contribution in [0.25, 0.3) is 0 Å². The Labute approximate surface area is 134 Å². The van der Waals surface area contributed by atoms with Crippen LogP contribution in [-0.4, -0.2) is 25.2 Å². The summed E-state index contributed by atoms with van der Waals surface area (Å²) in [6, 6.07) is 2.17. The summed E-state index contributed by atoms with van der Waals surface area (Å²) in [6.07, 6.45) is 4.72. The van der Waals surface area contributed by atoms with Crippen LogP contribution in [0, 0.1) is 0 Å². The van der Waals surface area contributed by atoms with Gasteiger partial charge in [-0.05, 0) is 31.4 Å². The van der Waals surface area contributed by atoms with Gasteiger partial charge in [0.15, 0.2) is 9.84 Å². The van der Waals surface area contributed by atoms with Gasteiger partial charge in [-0.2, -0.15) is 0 Å². The first kappa shape index (κ1) is 18.0. The molecule has 0 radical (unpaired) electrons. The molecule has 0 bridgehead atoms. The molecule has 0 aliphatic carbocycles. The highest BCUT2D eigenvalue weighted by atomic mass is 35.5. The fraction of sp³-hybridized carbons (Fsp3) is 0.357. The number of unbranched alkanes of at least 4 members (excludes halogenated alkanes) is 3. The van der Waals surface area contributed by atoms with E-state index in [0.29, 0.717) is 6.42 Å². The first-order chi connectivity index (χ1) is 9.79. The van der Waals surface area contributed by atoms with Gasteiger partial charge in [-0.25, -0.2) is 13.2 Å². The van der Waals surface area contributed by atoms with Crippen molar-refractivity contribution < 1.29 is 18.3 Å². The summed E-state index contributed by atoms with van der Waals surface area (Å²) in [5.74, 6) is -1.37. The molecular formula is C14H16Cl2O4S. The summed E-state index contributed by atoms with van der Waals surface area (Å²) in [7, 11) is -3.63. The Morgan fingerprint density at radius 1 is 1.19 bits per heavy atom. The van der Waals surface area contributed by atoms with E-state index in [1.807, 2.05) is 0 Å². The van der Waals surface area contributed by atoms with Crippen LogP contribution in [0.3, 0.4) is 0 Å². The van der Waals surface area contributed by atoms with Crippen molar-refractivity contribution in [3.63, 3.8) is 0 Å². The fourth-order valence-corrected chi connectivity index (χ4v) is 4.07. The van der Waals surface area contributed by atoms with E-state index in [1.54, 1.807) is 6.08 Å². The lowest BCUT2D eigenvalue weighted by atomic mass is 10.2. The number of carboxylic acid groups (broad SMARTS) is 1. The normalized spacial score (nSPS) is 11.3. The molecule has 1 rings (SSSR count). The molecule has 21 heavy (non-hydrogen) atoms. The third kappa shape index (κ3) is 5.02. The molecule has 1 aromatic rings. The highest BCUT2D eigenvalue weighted by Crippen LogP contribution is 2.30. The minimum Gasteiger partial charge on any atom is -0.478 e. The minimum atomic E-state index is -3.63. The van der Waals surface area contributed by atoms with Gasteiger partial charge in [-0.15, -0.1) is 6.58 Å². The second-order valence-corrected chi connectivity index (χ2v) is 7.42. The first-order valence-electron chi connectivity index (χ1n) is 6.35. The summed E-state index contributed by atoms with van der Waals surface area (Å²) in [4.78, 5) is 10.8. The summed E-state index contributed by atoms with van der Waals surface area (Å²) in [6.45, 7) is 3.60. The second kappa shape index (κ2) is 7.82. The average molecular weight is 351 g/mol. The van der Waals surface area contributed by atoms with Crippen molar-refractivity contribution in [2.24, 2.45) is 0 Å². The van der Waals surface area contributed by atoms with Crippen molar-refractivity contribution in [3.8, 4) is 0 Å². The number of allylic oxidation sites excluding steroid dienone is 1. The first-order valence-corrected chi connectivity index (χ1v) is 8.76. The third-order valence-corrected chi connectivity index (χ3v) is 5.48. The minimum absolute atomic E-state index is 0.0592. The molecule has 0 aromatic heterocycles. The molecule has 0 aliphatic rings. The second-order valence-electron chi connectivity index (χ2n) is 4.52. The van der Waals surface area contributed by atoms with E-state index in [0.717, 1.165) is 31.4 Å². The number of aromatic carboxylic acids is 1. The number of sulfone groups is 1.